The van der Waals surface area contributed by atoms with Gasteiger partial charge >= 0.3 is 0 Å². The number of hydrogen-bond acceptors (Lipinski definition) is 2. The quantitative estimate of drug-likeness (QED) is 0.747. The van der Waals surface area contributed by atoms with Crippen molar-refractivity contribution in [1.29, 1.82) is 0 Å². The Bertz CT molecular complexity index is 420. The van der Waals surface area contributed by atoms with E-state index in [2.05, 4.69) is 23.3 Å². The van der Waals surface area contributed by atoms with Gasteiger partial charge in [-0.3, -0.25) is 4.79 Å². The molecule has 3 heteroatoms. The fourth-order valence-corrected chi connectivity index (χ4v) is 4.18. The second-order valence-electron chi connectivity index (χ2n) is 5.24. The highest BCUT2D eigenvalue weighted by Gasteiger charge is 2.33. The molecule has 1 aromatic rings. The first kappa shape index (κ1) is 11.3. The van der Waals surface area contributed by atoms with Crippen LogP contribution < -0.4 is 0 Å². The number of hydrogen-bond donors (Lipinski definition) is 0. The minimum Gasteiger partial charge on any atom is -0.335 e. The maximum absolute atomic E-state index is 12.5. The SMILES string of the molecule is CC1c2ccsc2CCN1C(=O)C1CCCC1. The van der Waals surface area contributed by atoms with E-state index in [1.54, 1.807) is 0 Å². The third-order valence-corrected chi connectivity index (χ3v) is 5.26. The van der Waals surface area contributed by atoms with E-state index in [4.69, 9.17) is 0 Å². The van der Waals surface area contributed by atoms with Crippen LogP contribution >= 0.6 is 11.3 Å². The molecule has 0 bridgehead atoms. The number of rotatable bonds is 1. The van der Waals surface area contributed by atoms with Gasteiger partial charge in [0.1, 0.15) is 0 Å². The molecule has 2 heterocycles. The first-order chi connectivity index (χ1) is 8.27. The number of carbonyl (C=O) groups excluding carboxylic acids is 1. The molecular weight excluding hydrogens is 230 g/mol. The van der Waals surface area contributed by atoms with Gasteiger partial charge in [0.05, 0.1) is 6.04 Å². The average molecular weight is 249 g/mol. The molecular formula is C14H19NOS. The fraction of sp³-hybridized carbons (Fsp3) is 0.643. The number of carbonyl (C=O) groups is 1. The Morgan fingerprint density at radius 1 is 1.41 bits per heavy atom. The van der Waals surface area contributed by atoms with Gasteiger partial charge in [0.15, 0.2) is 0 Å². The van der Waals surface area contributed by atoms with E-state index in [1.807, 2.05) is 11.3 Å². The zero-order valence-corrected chi connectivity index (χ0v) is 11.1. The molecule has 1 aliphatic heterocycles. The number of amides is 1. The lowest BCUT2D eigenvalue weighted by molar-refractivity contribution is -0.137. The summed E-state index contributed by atoms with van der Waals surface area (Å²) in [6, 6.07) is 2.48. The Kier molecular flexibility index (Phi) is 2.95. The molecule has 0 aromatic carbocycles. The van der Waals surface area contributed by atoms with Crippen molar-refractivity contribution in [2.24, 2.45) is 5.92 Å². The fourth-order valence-electron chi connectivity index (χ4n) is 3.22. The van der Waals surface area contributed by atoms with Gasteiger partial charge in [-0.15, -0.1) is 11.3 Å². The van der Waals surface area contributed by atoms with Crippen molar-refractivity contribution >= 4 is 17.2 Å². The lowest BCUT2D eigenvalue weighted by atomic mass is 9.98. The molecule has 1 saturated carbocycles. The van der Waals surface area contributed by atoms with Crippen molar-refractivity contribution in [2.75, 3.05) is 6.54 Å². The highest BCUT2D eigenvalue weighted by Crippen LogP contribution is 2.36. The smallest absolute Gasteiger partial charge is 0.226 e. The Morgan fingerprint density at radius 2 is 2.18 bits per heavy atom. The van der Waals surface area contributed by atoms with Crippen molar-refractivity contribution in [3.8, 4) is 0 Å². The minimum atomic E-state index is 0.290. The molecule has 2 aliphatic rings. The third kappa shape index (κ3) is 1.90. The van der Waals surface area contributed by atoms with Gasteiger partial charge in [0.2, 0.25) is 5.91 Å². The topological polar surface area (TPSA) is 20.3 Å². The van der Waals surface area contributed by atoms with E-state index in [1.165, 1.54) is 23.3 Å². The second-order valence-corrected chi connectivity index (χ2v) is 6.24. The van der Waals surface area contributed by atoms with Crippen molar-refractivity contribution < 1.29 is 4.79 Å². The molecule has 17 heavy (non-hydrogen) atoms. The molecule has 1 aliphatic carbocycles. The van der Waals surface area contributed by atoms with Gasteiger partial charge in [0.25, 0.3) is 0 Å². The van der Waals surface area contributed by atoms with Gasteiger partial charge < -0.3 is 4.90 Å². The number of thiophene rings is 1. The lowest BCUT2D eigenvalue weighted by Gasteiger charge is -2.35. The maximum Gasteiger partial charge on any atom is 0.226 e. The van der Waals surface area contributed by atoms with Crippen LogP contribution in [0, 0.1) is 5.92 Å². The normalized spacial score (nSPS) is 25.0. The maximum atomic E-state index is 12.5. The van der Waals surface area contributed by atoms with E-state index < -0.39 is 0 Å². The monoisotopic (exact) mass is 249 g/mol. The highest BCUT2D eigenvalue weighted by molar-refractivity contribution is 7.10. The minimum absolute atomic E-state index is 0.290. The van der Waals surface area contributed by atoms with Crippen molar-refractivity contribution in [2.45, 2.75) is 45.1 Å². The summed E-state index contributed by atoms with van der Waals surface area (Å²) in [5.74, 6) is 0.726. The van der Waals surface area contributed by atoms with Crippen LogP contribution in [0.3, 0.4) is 0 Å². The van der Waals surface area contributed by atoms with Crippen molar-refractivity contribution in [3.63, 3.8) is 0 Å². The zero-order valence-electron chi connectivity index (χ0n) is 10.3. The molecule has 0 spiro atoms. The Balaban J connectivity index is 1.79. The van der Waals surface area contributed by atoms with Crippen LogP contribution in [0.5, 0.6) is 0 Å². The predicted octanol–water partition coefficient (Wildman–Crippen LogP) is 3.38. The largest absolute Gasteiger partial charge is 0.335 e. The number of fused-ring (bicyclic) bond motifs is 1. The molecule has 1 aromatic heterocycles. The van der Waals surface area contributed by atoms with E-state index in [-0.39, 0.29) is 6.04 Å². The van der Waals surface area contributed by atoms with E-state index in [0.717, 1.165) is 25.8 Å². The van der Waals surface area contributed by atoms with Crippen LogP contribution in [0.25, 0.3) is 0 Å². The first-order valence-electron chi connectivity index (χ1n) is 6.64. The van der Waals surface area contributed by atoms with Gasteiger partial charge in [-0.2, -0.15) is 0 Å². The van der Waals surface area contributed by atoms with Crippen LogP contribution in [-0.2, 0) is 11.2 Å². The van der Waals surface area contributed by atoms with Crippen LogP contribution in [0.15, 0.2) is 11.4 Å². The van der Waals surface area contributed by atoms with E-state index in [0.29, 0.717) is 11.8 Å². The first-order valence-corrected chi connectivity index (χ1v) is 7.52. The highest BCUT2D eigenvalue weighted by atomic mass is 32.1. The summed E-state index contributed by atoms with van der Waals surface area (Å²) < 4.78 is 0. The van der Waals surface area contributed by atoms with Crippen molar-refractivity contribution in [3.05, 3.63) is 21.9 Å². The molecule has 0 N–H and O–H groups in total. The second kappa shape index (κ2) is 4.45. The molecule has 1 fully saturated rings. The molecule has 92 valence electrons. The van der Waals surface area contributed by atoms with Crippen LogP contribution in [-0.4, -0.2) is 17.4 Å². The molecule has 1 unspecified atom stereocenters. The van der Waals surface area contributed by atoms with Crippen LogP contribution in [0.2, 0.25) is 0 Å². The summed E-state index contributed by atoms with van der Waals surface area (Å²) in [6.45, 7) is 3.10. The summed E-state index contributed by atoms with van der Waals surface area (Å²) >= 11 is 1.84. The Morgan fingerprint density at radius 3 is 2.94 bits per heavy atom. The molecule has 1 atom stereocenters. The molecule has 3 rings (SSSR count). The van der Waals surface area contributed by atoms with E-state index >= 15 is 0 Å². The van der Waals surface area contributed by atoms with Gasteiger partial charge in [-0.1, -0.05) is 12.8 Å². The summed E-state index contributed by atoms with van der Waals surface area (Å²) in [5.41, 5.74) is 1.38. The summed E-state index contributed by atoms with van der Waals surface area (Å²) in [5, 5.41) is 2.16. The van der Waals surface area contributed by atoms with E-state index in [9.17, 15) is 4.79 Å². The molecule has 2 nitrogen and oxygen atoms in total. The summed E-state index contributed by atoms with van der Waals surface area (Å²) in [4.78, 5) is 16.1. The summed E-state index contributed by atoms with van der Waals surface area (Å²) in [6.07, 6.45) is 5.75. The Hall–Kier alpha value is -0.830. The average Bonchev–Trinajstić information content (AvgIpc) is 3.00. The predicted molar refractivity (Wildman–Crippen MR) is 70.1 cm³/mol. The summed E-state index contributed by atoms with van der Waals surface area (Å²) in [7, 11) is 0. The van der Waals surface area contributed by atoms with Gasteiger partial charge in [0, 0.05) is 17.3 Å². The van der Waals surface area contributed by atoms with Crippen molar-refractivity contribution in [1.82, 2.24) is 4.90 Å². The van der Waals surface area contributed by atoms with Crippen LogP contribution in [0.4, 0.5) is 0 Å². The zero-order chi connectivity index (χ0) is 11.8. The van der Waals surface area contributed by atoms with Gasteiger partial charge in [-0.25, -0.2) is 0 Å². The Labute approximate surface area is 107 Å². The number of nitrogens with zero attached hydrogens (tertiary/aromatic N) is 1. The lowest BCUT2D eigenvalue weighted by Crippen LogP contribution is -2.41. The third-order valence-electron chi connectivity index (χ3n) is 4.26. The molecule has 0 radical (unpaired) electrons. The molecule has 1 amide bonds. The molecule has 0 saturated heterocycles. The van der Waals surface area contributed by atoms with Gasteiger partial charge in [-0.05, 0) is 43.2 Å². The van der Waals surface area contributed by atoms with Crippen LogP contribution in [0.1, 0.15) is 49.1 Å². The standard InChI is InChI=1S/C14H19NOS/c1-10-12-7-9-17-13(12)6-8-15(10)14(16)11-4-2-3-5-11/h7,9-11H,2-6,8H2,1H3.